The molecular formula is C16H20N2O6. The fraction of sp³-hybridized carbons (Fsp3) is 0.438. The Hall–Kier alpha value is -2.61. The van der Waals surface area contributed by atoms with Crippen LogP contribution in [-0.2, 0) is 19.2 Å². The van der Waals surface area contributed by atoms with Gasteiger partial charge in [0.1, 0.15) is 18.6 Å². The van der Waals surface area contributed by atoms with Crippen molar-refractivity contribution >= 4 is 17.6 Å². The largest absolute Gasteiger partial charge is 0.497 e. The van der Waals surface area contributed by atoms with Gasteiger partial charge in [0.15, 0.2) is 5.71 Å². The maximum Gasteiger partial charge on any atom is 0.308 e. The molecule has 8 heteroatoms. The van der Waals surface area contributed by atoms with Crippen molar-refractivity contribution in [2.24, 2.45) is 5.16 Å². The maximum atomic E-state index is 12.8. The van der Waals surface area contributed by atoms with Gasteiger partial charge in [-0.3, -0.25) is 9.59 Å². The Labute approximate surface area is 139 Å². The molecule has 1 aliphatic heterocycles. The van der Waals surface area contributed by atoms with Crippen molar-refractivity contribution in [2.75, 3.05) is 40.5 Å². The summed E-state index contributed by atoms with van der Waals surface area (Å²) in [6, 6.07) is 4.76. The van der Waals surface area contributed by atoms with Gasteiger partial charge in [-0.25, -0.2) is 0 Å². The van der Waals surface area contributed by atoms with Crippen LogP contribution in [0.15, 0.2) is 23.4 Å². The van der Waals surface area contributed by atoms with Gasteiger partial charge >= 0.3 is 5.97 Å². The second-order valence-corrected chi connectivity index (χ2v) is 4.98. The fourth-order valence-corrected chi connectivity index (χ4v) is 2.28. The van der Waals surface area contributed by atoms with Gasteiger partial charge in [-0.05, 0) is 18.2 Å². The molecule has 0 unspecified atom stereocenters. The number of carbonyl (C=O) groups is 2. The van der Waals surface area contributed by atoms with Crippen LogP contribution < -0.4 is 9.47 Å². The topological polar surface area (TPSA) is 86.7 Å². The highest BCUT2D eigenvalue weighted by Crippen LogP contribution is 2.26. The van der Waals surface area contributed by atoms with Crippen molar-refractivity contribution in [1.29, 1.82) is 0 Å². The minimum Gasteiger partial charge on any atom is -0.497 e. The molecule has 0 radical (unpaired) electrons. The van der Waals surface area contributed by atoms with E-state index in [9.17, 15) is 9.59 Å². The summed E-state index contributed by atoms with van der Waals surface area (Å²) in [4.78, 5) is 30.6. The Kier molecular flexibility index (Phi) is 6.14. The van der Waals surface area contributed by atoms with E-state index in [0.29, 0.717) is 37.6 Å². The van der Waals surface area contributed by atoms with E-state index in [-0.39, 0.29) is 17.4 Å². The SMILES string of the molecule is CO/N=C(\C(=O)N1CCOCC1)c1cc(OC)ccc1OC(C)=O. The van der Waals surface area contributed by atoms with Gasteiger partial charge in [-0.1, -0.05) is 5.16 Å². The van der Waals surface area contributed by atoms with Crippen molar-refractivity contribution < 1.29 is 28.6 Å². The van der Waals surface area contributed by atoms with E-state index in [1.807, 2.05) is 0 Å². The number of amides is 1. The summed E-state index contributed by atoms with van der Waals surface area (Å²) in [5, 5.41) is 3.85. The third-order valence-corrected chi connectivity index (χ3v) is 3.38. The van der Waals surface area contributed by atoms with E-state index >= 15 is 0 Å². The Morgan fingerprint density at radius 2 is 1.92 bits per heavy atom. The van der Waals surface area contributed by atoms with Crippen molar-refractivity contribution in [3.63, 3.8) is 0 Å². The third kappa shape index (κ3) is 4.23. The predicted molar refractivity (Wildman–Crippen MR) is 85.2 cm³/mol. The van der Waals surface area contributed by atoms with Crippen LogP contribution in [0.1, 0.15) is 12.5 Å². The number of rotatable bonds is 5. The molecule has 24 heavy (non-hydrogen) atoms. The highest BCUT2D eigenvalue weighted by atomic mass is 16.6. The van der Waals surface area contributed by atoms with Gasteiger partial charge in [-0.2, -0.15) is 0 Å². The average molecular weight is 336 g/mol. The molecule has 0 aromatic heterocycles. The second-order valence-electron chi connectivity index (χ2n) is 4.98. The highest BCUT2D eigenvalue weighted by molar-refractivity contribution is 6.45. The van der Waals surface area contributed by atoms with Crippen LogP contribution in [0.5, 0.6) is 11.5 Å². The zero-order valence-electron chi connectivity index (χ0n) is 13.9. The average Bonchev–Trinajstić information content (AvgIpc) is 2.60. The number of esters is 1. The number of morpholine rings is 1. The molecule has 0 bridgehead atoms. The number of hydrogen-bond donors (Lipinski definition) is 0. The number of oxime groups is 1. The number of benzene rings is 1. The van der Waals surface area contributed by atoms with Gasteiger partial charge in [0.05, 0.1) is 25.9 Å². The lowest BCUT2D eigenvalue weighted by Crippen LogP contribution is -2.44. The third-order valence-electron chi connectivity index (χ3n) is 3.38. The van der Waals surface area contributed by atoms with E-state index in [1.165, 1.54) is 21.1 Å². The number of nitrogens with zero attached hydrogens (tertiary/aromatic N) is 2. The molecule has 1 fully saturated rings. The summed E-state index contributed by atoms with van der Waals surface area (Å²) in [7, 11) is 2.85. The van der Waals surface area contributed by atoms with Crippen LogP contribution in [0, 0.1) is 0 Å². The zero-order chi connectivity index (χ0) is 17.5. The van der Waals surface area contributed by atoms with Crippen LogP contribution >= 0.6 is 0 Å². The normalized spacial score (nSPS) is 15.0. The van der Waals surface area contributed by atoms with Crippen molar-refractivity contribution in [3.05, 3.63) is 23.8 Å². The molecule has 130 valence electrons. The molecule has 1 aromatic carbocycles. The number of methoxy groups -OCH3 is 1. The Morgan fingerprint density at radius 1 is 1.21 bits per heavy atom. The van der Waals surface area contributed by atoms with E-state index in [2.05, 4.69) is 5.16 Å². The molecule has 1 amide bonds. The first-order valence-corrected chi connectivity index (χ1v) is 7.41. The summed E-state index contributed by atoms with van der Waals surface area (Å²) in [6.07, 6.45) is 0. The van der Waals surface area contributed by atoms with Crippen LogP contribution in [0.25, 0.3) is 0 Å². The molecule has 0 N–H and O–H groups in total. The summed E-state index contributed by atoms with van der Waals surface area (Å²) >= 11 is 0. The van der Waals surface area contributed by atoms with Gasteiger partial charge < -0.3 is 23.9 Å². The fourth-order valence-electron chi connectivity index (χ4n) is 2.28. The number of hydrogen-bond acceptors (Lipinski definition) is 7. The molecule has 1 saturated heterocycles. The highest BCUT2D eigenvalue weighted by Gasteiger charge is 2.27. The predicted octanol–water partition coefficient (Wildman–Crippen LogP) is 0.830. The lowest BCUT2D eigenvalue weighted by Gasteiger charge is -2.27. The second kappa shape index (κ2) is 8.30. The van der Waals surface area contributed by atoms with E-state index in [4.69, 9.17) is 19.0 Å². The molecule has 0 atom stereocenters. The monoisotopic (exact) mass is 336 g/mol. The van der Waals surface area contributed by atoms with Crippen molar-refractivity contribution in [2.45, 2.75) is 6.92 Å². The van der Waals surface area contributed by atoms with Crippen LogP contribution in [0.3, 0.4) is 0 Å². The summed E-state index contributed by atoms with van der Waals surface area (Å²) in [5.74, 6) is -0.126. The molecule has 0 spiro atoms. The van der Waals surface area contributed by atoms with Crippen LogP contribution in [0.4, 0.5) is 0 Å². The maximum absolute atomic E-state index is 12.8. The molecule has 0 saturated carbocycles. The molecule has 1 aliphatic rings. The molecule has 2 rings (SSSR count). The molecule has 1 heterocycles. The van der Waals surface area contributed by atoms with Gasteiger partial charge in [0.2, 0.25) is 0 Å². The lowest BCUT2D eigenvalue weighted by atomic mass is 10.1. The molecular weight excluding hydrogens is 316 g/mol. The first kappa shape index (κ1) is 17.7. The van der Waals surface area contributed by atoms with Gasteiger partial charge in [0, 0.05) is 20.0 Å². The summed E-state index contributed by atoms with van der Waals surface area (Å²) < 4.78 is 15.6. The summed E-state index contributed by atoms with van der Waals surface area (Å²) in [6.45, 7) is 3.11. The number of carbonyl (C=O) groups excluding carboxylic acids is 2. The van der Waals surface area contributed by atoms with Crippen LogP contribution in [0.2, 0.25) is 0 Å². The lowest BCUT2D eigenvalue weighted by molar-refractivity contribution is -0.132. The van der Waals surface area contributed by atoms with Crippen molar-refractivity contribution in [1.82, 2.24) is 4.90 Å². The minimum absolute atomic E-state index is 0.0366. The standard InChI is InChI=1S/C16H20N2O6/c1-11(19)24-14-5-4-12(21-2)10-13(14)15(17-22-3)16(20)18-6-8-23-9-7-18/h4-5,10H,6-9H2,1-3H3/b17-15-. The smallest absolute Gasteiger partial charge is 0.308 e. The Bertz CT molecular complexity index is 637. The van der Waals surface area contributed by atoms with Gasteiger partial charge in [0.25, 0.3) is 5.91 Å². The van der Waals surface area contributed by atoms with E-state index in [1.54, 1.807) is 23.1 Å². The summed E-state index contributed by atoms with van der Waals surface area (Å²) in [5.41, 5.74) is 0.359. The van der Waals surface area contributed by atoms with Gasteiger partial charge in [-0.15, -0.1) is 0 Å². The molecule has 0 aliphatic carbocycles. The number of ether oxygens (including phenoxy) is 3. The zero-order valence-corrected chi connectivity index (χ0v) is 13.9. The van der Waals surface area contributed by atoms with E-state index < -0.39 is 5.97 Å². The first-order chi connectivity index (χ1) is 11.6. The van der Waals surface area contributed by atoms with Crippen LogP contribution in [-0.4, -0.2) is 63.0 Å². The molecule has 8 nitrogen and oxygen atoms in total. The van der Waals surface area contributed by atoms with E-state index in [0.717, 1.165) is 0 Å². The molecule has 1 aromatic rings. The Morgan fingerprint density at radius 3 is 2.50 bits per heavy atom. The first-order valence-electron chi connectivity index (χ1n) is 7.41. The Balaban J connectivity index is 2.43. The quantitative estimate of drug-likeness (QED) is 0.343. The minimum atomic E-state index is -0.503. The van der Waals surface area contributed by atoms with Crippen molar-refractivity contribution in [3.8, 4) is 11.5 Å².